The summed E-state index contributed by atoms with van der Waals surface area (Å²) >= 11 is 0. The molecule has 2 heterocycles. The van der Waals surface area contributed by atoms with Gasteiger partial charge in [-0.05, 0) is 32.6 Å². The van der Waals surface area contributed by atoms with E-state index in [0.717, 1.165) is 12.4 Å². The second-order valence-electron chi connectivity index (χ2n) is 5.92. The molecule has 1 saturated heterocycles. The molecule has 1 aliphatic heterocycles. The van der Waals surface area contributed by atoms with Crippen LogP contribution >= 0.6 is 0 Å². The molecule has 3 rings (SSSR count). The zero-order chi connectivity index (χ0) is 14.8. The van der Waals surface area contributed by atoms with Gasteiger partial charge in [0, 0.05) is 25.5 Å². The van der Waals surface area contributed by atoms with Gasteiger partial charge in [0.1, 0.15) is 5.82 Å². The Morgan fingerprint density at radius 2 is 2.38 bits per heavy atom. The first-order chi connectivity index (χ1) is 10.2. The van der Waals surface area contributed by atoms with Crippen LogP contribution in [0.15, 0.2) is 12.4 Å². The molecule has 0 spiro atoms. The van der Waals surface area contributed by atoms with Crippen LogP contribution in [0.3, 0.4) is 0 Å². The maximum absolute atomic E-state index is 12.6. The fourth-order valence-corrected chi connectivity index (χ4v) is 3.05. The van der Waals surface area contributed by atoms with E-state index >= 15 is 0 Å². The Balaban J connectivity index is 1.64. The van der Waals surface area contributed by atoms with Gasteiger partial charge in [0.05, 0.1) is 25.3 Å². The standard InChI is InChI=1S/C15H24N4O2/c1-3-18-7-6-16-14(18)11(2)17-15(20)19-8-9-21-10-13(19)12-4-5-12/h6-7,11-13H,3-5,8-10H2,1-2H3,(H,17,20). The molecule has 1 aromatic rings. The average Bonchev–Trinajstić information content (AvgIpc) is 3.23. The number of carbonyl (C=O) groups is 1. The molecular formula is C15H24N4O2. The summed E-state index contributed by atoms with van der Waals surface area (Å²) in [6, 6.07) is 0.167. The van der Waals surface area contributed by atoms with Gasteiger partial charge >= 0.3 is 6.03 Å². The second-order valence-corrected chi connectivity index (χ2v) is 5.92. The van der Waals surface area contributed by atoms with E-state index < -0.39 is 0 Å². The Hall–Kier alpha value is -1.56. The maximum atomic E-state index is 12.6. The molecule has 2 atom stereocenters. The number of carbonyl (C=O) groups excluding carboxylic acids is 1. The van der Waals surface area contributed by atoms with Crippen molar-refractivity contribution < 1.29 is 9.53 Å². The Kier molecular flexibility index (Phi) is 4.14. The summed E-state index contributed by atoms with van der Waals surface area (Å²) in [5.74, 6) is 1.53. The normalized spacial score (nSPS) is 23.9. The van der Waals surface area contributed by atoms with E-state index in [1.54, 1.807) is 6.20 Å². The smallest absolute Gasteiger partial charge is 0.318 e. The van der Waals surface area contributed by atoms with Crippen molar-refractivity contribution in [2.45, 2.75) is 45.3 Å². The lowest BCUT2D eigenvalue weighted by Gasteiger charge is -2.36. The van der Waals surface area contributed by atoms with Gasteiger partial charge in [0.25, 0.3) is 0 Å². The number of ether oxygens (including phenoxy) is 1. The number of hydrogen-bond acceptors (Lipinski definition) is 3. The molecule has 1 aromatic heterocycles. The van der Waals surface area contributed by atoms with Gasteiger partial charge in [-0.15, -0.1) is 0 Å². The summed E-state index contributed by atoms with van der Waals surface area (Å²) in [6.07, 6.45) is 6.16. The van der Waals surface area contributed by atoms with Gasteiger partial charge in [0.2, 0.25) is 0 Å². The molecule has 6 nitrogen and oxygen atoms in total. The quantitative estimate of drug-likeness (QED) is 0.920. The third-order valence-electron chi connectivity index (χ3n) is 4.41. The van der Waals surface area contributed by atoms with Crippen molar-refractivity contribution in [3.05, 3.63) is 18.2 Å². The lowest BCUT2D eigenvalue weighted by atomic mass is 10.1. The fourth-order valence-electron chi connectivity index (χ4n) is 3.05. The maximum Gasteiger partial charge on any atom is 0.318 e. The van der Waals surface area contributed by atoms with Gasteiger partial charge in [-0.25, -0.2) is 9.78 Å². The lowest BCUT2D eigenvalue weighted by molar-refractivity contribution is 0.00415. The molecule has 1 aliphatic carbocycles. The Morgan fingerprint density at radius 1 is 1.57 bits per heavy atom. The first-order valence-corrected chi connectivity index (χ1v) is 7.86. The Morgan fingerprint density at radius 3 is 3.10 bits per heavy atom. The van der Waals surface area contributed by atoms with Crippen molar-refractivity contribution >= 4 is 6.03 Å². The van der Waals surface area contributed by atoms with Gasteiger partial charge in [-0.3, -0.25) is 0 Å². The molecule has 2 unspecified atom stereocenters. The average molecular weight is 292 g/mol. The summed E-state index contributed by atoms with van der Waals surface area (Å²) in [5, 5.41) is 3.09. The number of nitrogens with zero attached hydrogens (tertiary/aromatic N) is 3. The van der Waals surface area contributed by atoms with Crippen molar-refractivity contribution in [1.29, 1.82) is 0 Å². The second kappa shape index (κ2) is 6.05. The molecule has 0 aromatic carbocycles. The van der Waals surface area contributed by atoms with Crippen molar-refractivity contribution in [2.75, 3.05) is 19.8 Å². The Bertz CT molecular complexity index is 498. The first kappa shape index (κ1) is 14.4. The minimum atomic E-state index is -0.0878. The van der Waals surface area contributed by atoms with E-state index in [1.165, 1.54) is 12.8 Å². The van der Waals surface area contributed by atoms with Gasteiger partial charge in [-0.2, -0.15) is 0 Å². The summed E-state index contributed by atoms with van der Waals surface area (Å²) in [5.41, 5.74) is 0. The number of aryl methyl sites for hydroxylation is 1. The molecule has 1 N–H and O–H groups in total. The van der Waals surface area contributed by atoms with Crippen LogP contribution in [-0.4, -0.2) is 46.3 Å². The molecular weight excluding hydrogens is 268 g/mol. The van der Waals surface area contributed by atoms with Crippen LogP contribution < -0.4 is 5.32 Å². The van der Waals surface area contributed by atoms with E-state index in [1.807, 2.05) is 18.0 Å². The van der Waals surface area contributed by atoms with Crippen molar-refractivity contribution in [2.24, 2.45) is 5.92 Å². The van der Waals surface area contributed by atoms with E-state index in [-0.39, 0.29) is 18.1 Å². The van der Waals surface area contributed by atoms with Crippen LogP contribution in [0.4, 0.5) is 4.79 Å². The predicted octanol–water partition coefficient (Wildman–Crippen LogP) is 1.78. The van der Waals surface area contributed by atoms with E-state index in [9.17, 15) is 4.79 Å². The Labute approximate surface area is 125 Å². The van der Waals surface area contributed by atoms with Gasteiger partial charge in [0.15, 0.2) is 0 Å². The zero-order valence-electron chi connectivity index (χ0n) is 12.8. The molecule has 2 aliphatic rings. The minimum Gasteiger partial charge on any atom is -0.377 e. The number of morpholine rings is 1. The van der Waals surface area contributed by atoms with Crippen LogP contribution in [0.2, 0.25) is 0 Å². The summed E-state index contributed by atoms with van der Waals surface area (Å²) in [7, 11) is 0. The van der Waals surface area contributed by atoms with Crippen LogP contribution in [-0.2, 0) is 11.3 Å². The number of aromatic nitrogens is 2. The highest BCUT2D eigenvalue weighted by atomic mass is 16.5. The topological polar surface area (TPSA) is 59.4 Å². The zero-order valence-corrected chi connectivity index (χ0v) is 12.8. The molecule has 2 fully saturated rings. The van der Waals surface area contributed by atoms with Crippen molar-refractivity contribution in [1.82, 2.24) is 19.8 Å². The monoisotopic (exact) mass is 292 g/mol. The summed E-state index contributed by atoms with van der Waals surface area (Å²) < 4.78 is 7.60. The predicted molar refractivity (Wildman–Crippen MR) is 78.9 cm³/mol. The number of imidazole rings is 1. The van der Waals surface area contributed by atoms with Crippen LogP contribution in [0.5, 0.6) is 0 Å². The number of rotatable bonds is 4. The van der Waals surface area contributed by atoms with Crippen molar-refractivity contribution in [3.63, 3.8) is 0 Å². The van der Waals surface area contributed by atoms with E-state index in [4.69, 9.17) is 4.74 Å². The molecule has 1 saturated carbocycles. The highest BCUT2D eigenvalue weighted by Gasteiger charge is 2.39. The lowest BCUT2D eigenvalue weighted by Crippen LogP contribution is -2.53. The molecule has 116 valence electrons. The SMILES string of the molecule is CCn1ccnc1C(C)NC(=O)N1CCOCC1C1CC1. The van der Waals surface area contributed by atoms with Crippen molar-refractivity contribution in [3.8, 4) is 0 Å². The number of amides is 2. The van der Waals surface area contributed by atoms with Crippen LogP contribution in [0.1, 0.15) is 38.6 Å². The van der Waals surface area contributed by atoms with Gasteiger partial charge in [-0.1, -0.05) is 0 Å². The number of urea groups is 1. The molecule has 2 amide bonds. The first-order valence-electron chi connectivity index (χ1n) is 7.86. The third kappa shape index (κ3) is 3.05. The number of hydrogen-bond donors (Lipinski definition) is 1. The van der Waals surface area contributed by atoms with Crippen LogP contribution in [0, 0.1) is 5.92 Å². The molecule has 21 heavy (non-hydrogen) atoms. The fraction of sp³-hybridized carbons (Fsp3) is 0.733. The molecule has 0 bridgehead atoms. The van der Waals surface area contributed by atoms with E-state index in [0.29, 0.717) is 25.7 Å². The summed E-state index contributed by atoms with van der Waals surface area (Å²) in [6.45, 7) is 6.91. The largest absolute Gasteiger partial charge is 0.377 e. The molecule has 0 radical (unpaired) electrons. The highest BCUT2D eigenvalue weighted by molar-refractivity contribution is 5.75. The minimum absolute atomic E-state index is 0.00773. The van der Waals surface area contributed by atoms with Gasteiger partial charge < -0.3 is 19.5 Å². The highest BCUT2D eigenvalue weighted by Crippen LogP contribution is 2.36. The third-order valence-corrected chi connectivity index (χ3v) is 4.41. The van der Waals surface area contributed by atoms with Crippen LogP contribution in [0.25, 0.3) is 0 Å². The number of nitrogens with one attached hydrogen (secondary N) is 1. The summed E-state index contributed by atoms with van der Waals surface area (Å²) in [4.78, 5) is 18.9. The molecule has 6 heteroatoms. The van der Waals surface area contributed by atoms with E-state index in [2.05, 4.69) is 21.8 Å².